The summed E-state index contributed by atoms with van der Waals surface area (Å²) in [5.74, 6) is -5.81. The number of fused-ring (bicyclic) bond motifs is 1. The number of carbonyl (C=O) groups is 2. The minimum atomic E-state index is -4.93. The van der Waals surface area contributed by atoms with Crippen LogP contribution >= 0.6 is 0 Å². The van der Waals surface area contributed by atoms with E-state index in [4.69, 9.17) is 4.74 Å². The SMILES string of the molecule is COC(=O)C=C1c2ccccc2N(C(=O)c2ccc(OCc3ccccc3)cc2C(F)(F)F)CCC1(F)F. The van der Waals surface area contributed by atoms with Crippen molar-refractivity contribution < 1.29 is 41.0 Å². The van der Waals surface area contributed by atoms with Gasteiger partial charge in [-0.3, -0.25) is 4.79 Å². The molecule has 1 aliphatic rings. The molecular formula is C28H22F5NO4. The molecule has 5 nitrogen and oxygen atoms in total. The normalized spacial score (nSPS) is 15.9. The number of anilines is 1. The van der Waals surface area contributed by atoms with Crippen LogP contribution in [0, 0.1) is 0 Å². The highest BCUT2D eigenvalue weighted by Crippen LogP contribution is 2.44. The number of nitrogens with zero attached hydrogens (tertiary/aromatic N) is 1. The first-order valence-electron chi connectivity index (χ1n) is 11.5. The smallest absolute Gasteiger partial charge is 0.417 e. The molecule has 0 radical (unpaired) electrons. The van der Waals surface area contributed by atoms with Crippen LogP contribution in [0.2, 0.25) is 0 Å². The van der Waals surface area contributed by atoms with Gasteiger partial charge in [-0.05, 0) is 29.8 Å². The molecule has 1 aliphatic heterocycles. The third-order valence-electron chi connectivity index (χ3n) is 6.01. The van der Waals surface area contributed by atoms with Crippen molar-refractivity contribution in [3.8, 4) is 5.75 Å². The molecule has 10 heteroatoms. The van der Waals surface area contributed by atoms with Crippen molar-refractivity contribution in [3.05, 3.63) is 101 Å². The molecule has 0 aliphatic carbocycles. The highest BCUT2D eigenvalue weighted by Gasteiger charge is 2.43. The Labute approximate surface area is 215 Å². The number of hydrogen-bond donors (Lipinski definition) is 0. The highest BCUT2D eigenvalue weighted by atomic mass is 19.4. The number of esters is 1. The van der Waals surface area contributed by atoms with Crippen LogP contribution in [0.4, 0.5) is 27.6 Å². The minimum Gasteiger partial charge on any atom is -0.489 e. The van der Waals surface area contributed by atoms with Crippen LogP contribution in [0.25, 0.3) is 5.57 Å². The summed E-state index contributed by atoms with van der Waals surface area (Å²) < 4.78 is 82.3. The number of hydrogen-bond acceptors (Lipinski definition) is 4. The Bertz CT molecular complexity index is 1370. The first-order valence-corrected chi connectivity index (χ1v) is 11.5. The number of ether oxygens (including phenoxy) is 2. The van der Waals surface area contributed by atoms with Crippen molar-refractivity contribution in [1.82, 2.24) is 0 Å². The Balaban J connectivity index is 1.74. The van der Waals surface area contributed by atoms with E-state index in [0.29, 0.717) is 6.08 Å². The van der Waals surface area contributed by atoms with E-state index in [1.807, 2.05) is 0 Å². The number of alkyl halides is 5. The third kappa shape index (κ3) is 5.69. The summed E-state index contributed by atoms with van der Waals surface area (Å²) in [5.41, 5.74) is -2.14. The van der Waals surface area contributed by atoms with Crippen LogP contribution < -0.4 is 9.64 Å². The topological polar surface area (TPSA) is 55.8 Å². The average molecular weight is 531 g/mol. The molecule has 0 unspecified atom stereocenters. The van der Waals surface area contributed by atoms with Crippen molar-refractivity contribution in [2.45, 2.75) is 25.1 Å². The Morgan fingerprint density at radius 2 is 1.68 bits per heavy atom. The third-order valence-corrected chi connectivity index (χ3v) is 6.01. The molecular weight excluding hydrogens is 509 g/mol. The average Bonchev–Trinajstić information content (AvgIpc) is 3.01. The van der Waals surface area contributed by atoms with Gasteiger partial charge in [0.25, 0.3) is 11.8 Å². The van der Waals surface area contributed by atoms with Gasteiger partial charge in [0.2, 0.25) is 0 Å². The number of rotatable bonds is 5. The maximum atomic E-state index is 15.1. The van der Waals surface area contributed by atoms with E-state index in [1.54, 1.807) is 30.3 Å². The summed E-state index contributed by atoms with van der Waals surface area (Å²) in [7, 11) is 1.03. The van der Waals surface area contributed by atoms with E-state index in [1.165, 1.54) is 30.3 Å². The Hall–Kier alpha value is -4.21. The lowest BCUT2D eigenvalue weighted by atomic mass is 9.97. The lowest BCUT2D eigenvalue weighted by Crippen LogP contribution is -2.34. The van der Waals surface area contributed by atoms with Gasteiger partial charge in [-0.2, -0.15) is 13.2 Å². The van der Waals surface area contributed by atoms with Crippen LogP contribution in [0.3, 0.4) is 0 Å². The molecule has 4 rings (SSSR count). The summed E-state index contributed by atoms with van der Waals surface area (Å²) in [6.07, 6.45) is -5.22. The van der Waals surface area contributed by atoms with Crippen molar-refractivity contribution in [1.29, 1.82) is 0 Å². The Morgan fingerprint density at radius 1 is 1.00 bits per heavy atom. The number of methoxy groups -OCH3 is 1. The molecule has 1 heterocycles. The molecule has 3 aromatic rings. The summed E-state index contributed by atoms with van der Waals surface area (Å²) in [5, 5.41) is 0. The van der Waals surface area contributed by atoms with Gasteiger partial charge < -0.3 is 14.4 Å². The minimum absolute atomic E-state index is 0.00925. The van der Waals surface area contributed by atoms with E-state index in [0.717, 1.165) is 29.7 Å². The second-order valence-electron chi connectivity index (χ2n) is 8.49. The highest BCUT2D eigenvalue weighted by molar-refractivity contribution is 6.09. The fourth-order valence-corrected chi connectivity index (χ4v) is 4.13. The van der Waals surface area contributed by atoms with Gasteiger partial charge in [0.1, 0.15) is 12.4 Å². The van der Waals surface area contributed by atoms with Gasteiger partial charge in [0, 0.05) is 30.2 Å². The zero-order valence-corrected chi connectivity index (χ0v) is 20.1. The number of amides is 1. The van der Waals surface area contributed by atoms with Crippen LogP contribution in [-0.2, 0) is 22.3 Å². The first-order chi connectivity index (χ1) is 18.0. The van der Waals surface area contributed by atoms with Gasteiger partial charge in [-0.25, -0.2) is 13.6 Å². The van der Waals surface area contributed by atoms with E-state index >= 15 is 8.78 Å². The predicted molar refractivity (Wildman–Crippen MR) is 130 cm³/mol. The zero-order valence-electron chi connectivity index (χ0n) is 20.1. The molecule has 0 saturated heterocycles. The van der Waals surface area contributed by atoms with Gasteiger partial charge in [-0.15, -0.1) is 0 Å². The van der Waals surface area contributed by atoms with E-state index in [2.05, 4.69) is 4.74 Å². The number of benzene rings is 3. The number of allylic oxidation sites excluding steroid dienone is 1. The molecule has 0 fully saturated rings. The van der Waals surface area contributed by atoms with E-state index in [-0.39, 0.29) is 23.6 Å². The zero-order chi connectivity index (χ0) is 27.5. The number of carbonyl (C=O) groups excluding carboxylic acids is 2. The lowest BCUT2D eigenvalue weighted by molar-refractivity contribution is -0.138. The maximum absolute atomic E-state index is 15.1. The van der Waals surface area contributed by atoms with Gasteiger partial charge >= 0.3 is 12.1 Å². The van der Waals surface area contributed by atoms with Crippen molar-refractivity contribution in [2.75, 3.05) is 18.6 Å². The fraction of sp³-hybridized carbons (Fsp3) is 0.214. The van der Waals surface area contributed by atoms with Crippen LogP contribution in [-0.4, -0.2) is 31.5 Å². The molecule has 38 heavy (non-hydrogen) atoms. The molecule has 0 atom stereocenters. The van der Waals surface area contributed by atoms with Crippen molar-refractivity contribution >= 4 is 23.1 Å². The van der Waals surface area contributed by atoms with Gasteiger partial charge in [0.05, 0.1) is 23.9 Å². The van der Waals surface area contributed by atoms with Gasteiger partial charge in [-0.1, -0.05) is 48.5 Å². The van der Waals surface area contributed by atoms with E-state index < -0.39 is 53.6 Å². The maximum Gasteiger partial charge on any atom is 0.417 e. The molecule has 0 bridgehead atoms. The standard InChI is InChI=1S/C28H22F5NO4/c1-37-25(35)16-22-20-9-5-6-10-24(20)34(14-13-27(22,29)30)26(36)21-12-11-19(15-23(21)28(31,32)33)38-17-18-7-3-2-4-8-18/h2-12,15-16H,13-14,17H2,1H3. The summed E-state index contributed by atoms with van der Waals surface area (Å²) >= 11 is 0. The fourth-order valence-electron chi connectivity index (χ4n) is 4.13. The second kappa shape index (κ2) is 10.6. The summed E-state index contributed by atoms with van der Waals surface area (Å²) in [6.45, 7) is -0.583. The first kappa shape index (κ1) is 26.8. The Kier molecular flexibility index (Phi) is 7.52. The monoisotopic (exact) mass is 531 g/mol. The van der Waals surface area contributed by atoms with Crippen LogP contribution in [0.15, 0.2) is 78.9 Å². The van der Waals surface area contributed by atoms with Gasteiger partial charge in [0.15, 0.2) is 0 Å². The lowest BCUT2D eigenvalue weighted by Gasteiger charge is -2.24. The molecule has 1 amide bonds. The number of para-hydroxylation sites is 1. The molecule has 198 valence electrons. The molecule has 0 saturated carbocycles. The second-order valence-corrected chi connectivity index (χ2v) is 8.49. The summed E-state index contributed by atoms with van der Waals surface area (Å²) in [6, 6.07) is 17.2. The van der Waals surface area contributed by atoms with Crippen LogP contribution in [0.5, 0.6) is 5.75 Å². The number of halogens is 5. The quantitative estimate of drug-likeness (QED) is 0.214. The molecule has 0 spiro atoms. The molecule has 0 N–H and O–H groups in total. The predicted octanol–water partition coefficient (Wildman–Crippen LogP) is 6.53. The Morgan fingerprint density at radius 3 is 2.37 bits per heavy atom. The molecule has 0 aromatic heterocycles. The van der Waals surface area contributed by atoms with Crippen molar-refractivity contribution in [2.24, 2.45) is 0 Å². The largest absolute Gasteiger partial charge is 0.489 e. The molecule has 3 aromatic carbocycles. The van der Waals surface area contributed by atoms with Crippen LogP contribution in [0.1, 0.15) is 33.5 Å². The van der Waals surface area contributed by atoms with E-state index in [9.17, 15) is 22.8 Å². The van der Waals surface area contributed by atoms with Crippen molar-refractivity contribution in [3.63, 3.8) is 0 Å². The summed E-state index contributed by atoms with van der Waals surface area (Å²) in [4.78, 5) is 26.2.